The molecular formula is C22H18. The van der Waals surface area contributed by atoms with Crippen LogP contribution in [0.15, 0.2) is 66.2 Å². The molecule has 0 saturated carbocycles. The summed E-state index contributed by atoms with van der Waals surface area (Å²) in [6, 6.07) is 22.5. The summed E-state index contributed by atoms with van der Waals surface area (Å²) in [5.74, 6) is 1.12. The Bertz CT molecular complexity index is 924. The molecule has 106 valence electrons. The van der Waals surface area contributed by atoms with Crippen LogP contribution in [0.1, 0.15) is 41.0 Å². The Labute approximate surface area is 131 Å². The summed E-state index contributed by atoms with van der Waals surface area (Å²) >= 11 is 0. The fourth-order valence-electron chi connectivity index (χ4n) is 4.61. The van der Waals surface area contributed by atoms with Crippen LogP contribution in [0, 0.1) is 0 Å². The van der Waals surface area contributed by atoms with Crippen molar-refractivity contribution in [1.29, 1.82) is 0 Å². The van der Waals surface area contributed by atoms with Crippen molar-refractivity contribution in [2.24, 2.45) is 0 Å². The predicted molar refractivity (Wildman–Crippen MR) is 93.2 cm³/mol. The molecule has 0 bridgehead atoms. The highest BCUT2D eigenvalue weighted by molar-refractivity contribution is 5.92. The third-order valence-corrected chi connectivity index (χ3v) is 5.47. The van der Waals surface area contributed by atoms with Crippen LogP contribution in [0.3, 0.4) is 0 Å². The third kappa shape index (κ3) is 1.53. The average molecular weight is 282 g/mol. The Hall–Kier alpha value is -2.34. The predicted octanol–water partition coefficient (Wildman–Crippen LogP) is 5.68. The molecular weight excluding hydrogens is 264 g/mol. The van der Waals surface area contributed by atoms with Crippen molar-refractivity contribution < 1.29 is 0 Å². The highest BCUT2D eigenvalue weighted by atomic mass is 14.4. The van der Waals surface area contributed by atoms with Crippen LogP contribution in [0.4, 0.5) is 0 Å². The molecule has 0 aliphatic heterocycles. The van der Waals surface area contributed by atoms with E-state index in [0.29, 0.717) is 11.8 Å². The molecule has 0 aromatic heterocycles. The zero-order chi connectivity index (χ0) is 14.7. The highest BCUT2D eigenvalue weighted by Gasteiger charge is 2.35. The summed E-state index contributed by atoms with van der Waals surface area (Å²) in [5.41, 5.74) is 7.50. The van der Waals surface area contributed by atoms with Gasteiger partial charge in [-0.1, -0.05) is 72.3 Å². The molecule has 0 radical (unpaired) electrons. The van der Waals surface area contributed by atoms with Crippen LogP contribution in [-0.4, -0.2) is 0 Å². The summed E-state index contributed by atoms with van der Waals surface area (Å²) in [5, 5.41) is 2.90. The van der Waals surface area contributed by atoms with E-state index in [-0.39, 0.29) is 0 Å². The normalized spacial score (nSPS) is 22.0. The molecule has 0 spiro atoms. The zero-order valence-corrected chi connectivity index (χ0v) is 12.7. The van der Waals surface area contributed by atoms with Gasteiger partial charge in [-0.2, -0.15) is 0 Å². The van der Waals surface area contributed by atoms with E-state index in [2.05, 4.69) is 73.7 Å². The fraction of sp³-hybridized carbons (Fsp3) is 0.182. The summed E-state index contributed by atoms with van der Waals surface area (Å²) in [4.78, 5) is 0. The minimum absolute atomic E-state index is 0.536. The van der Waals surface area contributed by atoms with Gasteiger partial charge in [0.05, 0.1) is 0 Å². The van der Waals surface area contributed by atoms with Crippen LogP contribution in [-0.2, 0) is 6.42 Å². The molecule has 2 atom stereocenters. The molecule has 0 amide bonds. The topological polar surface area (TPSA) is 0 Å². The molecule has 2 aliphatic rings. The molecule has 2 unspecified atom stereocenters. The van der Waals surface area contributed by atoms with Crippen LogP contribution in [0.25, 0.3) is 16.8 Å². The summed E-state index contributed by atoms with van der Waals surface area (Å²) in [6.45, 7) is 2.30. The van der Waals surface area contributed by atoms with Crippen molar-refractivity contribution in [2.45, 2.75) is 25.2 Å². The Balaban J connectivity index is 1.71. The summed E-state index contributed by atoms with van der Waals surface area (Å²) < 4.78 is 0. The van der Waals surface area contributed by atoms with Gasteiger partial charge in [0.2, 0.25) is 0 Å². The lowest BCUT2D eigenvalue weighted by Gasteiger charge is -2.23. The van der Waals surface area contributed by atoms with E-state index < -0.39 is 0 Å². The van der Waals surface area contributed by atoms with Gasteiger partial charge in [0.15, 0.2) is 0 Å². The van der Waals surface area contributed by atoms with Crippen LogP contribution in [0.2, 0.25) is 0 Å². The standard InChI is InChI=1S/C22H18/c1-14-12-16-6-2-3-10-18(16)21(14)20-13-17-9-4-7-15-8-5-11-19(20)22(15)17/h2-12,20-21H,13H2,1H3. The summed E-state index contributed by atoms with van der Waals surface area (Å²) in [6.07, 6.45) is 3.55. The number of rotatable bonds is 1. The van der Waals surface area contributed by atoms with Gasteiger partial charge in [0.1, 0.15) is 0 Å². The van der Waals surface area contributed by atoms with Crippen molar-refractivity contribution >= 4 is 16.8 Å². The number of allylic oxidation sites excluding steroid dienone is 1. The Morgan fingerprint density at radius 1 is 0.818 bits per heavy atom. The maximum Gasteiger partial charge on any atom is 0.0127 e. The smallest absolute Gasteiger partial charge is 0.0127 e. The molecule has 0 saturated heterocycles. The first-order chi connectivity index (χ1) is 10.8. The quantitative estimate of drug-likeness (QED) is 0.538. The first-order valence-corrected chi connectivity index (χ1v) is 8.10. The Morgan fingerprint density at radius 2 is 1.59 bits per heavy atom. The molecule has 5 rings (SSSR count). The van der Waals surface area contributed by atoms with E-state index in [1.54, 1.807) is 5.56 Å². The van der Waals surface area contributed by atoms with Gasteiger partial charge in [0, 0.05) is 5.92 Å². The largest absolute Gasteiger partial charge is 0.0646 e. The maximum absolute atomic E-state index is 2.38. The van der Waals surface area contributed by atoms with Crippen molar-refractivity contribution in [3.63, 3.8) is 0 Å². The van der Waals surface area contributed by atoms with E-state index in [1.807, 2.05) is 0 Å². The van der Waals surface area contributed by atoms with Crippen molar-refractivity contribution in [1.82, 2.24) is 0 Å². The molecule has 0 heterocycles. The lowest BCUT2D eigenvalue weighted by atomic mass is 9.80. The van der Waals surface area contributed by atoms with Crippen LogP contribution in [0.5, 0.6) is 0 Å². The van der Waals surface area contributed by atoms with Crippen molar-refractivity contribution in [2.75, 3.05) is 0 Å². The molecule has 3 aromatic rings. The minimum atomic E-state index is 0.536. The van der Waals surface area contributed by atoms with Gasteiger partial charge >= 0.3 is 0 Å². The zero-order valence-electron chi connectivity index (χ0n) is 12.7. The monoisotopic (exact) mass is 282 g/mol. The SMILES string of the molecule is CC1=Cc2ccccc2C1C1Cc2cccc3cccc1c23. The van der Waals surface area contributed by atoms with Gasteiger partial charge < -0.3 is 0 Å². The lowest BCUT2D eigenvalue weighted by molar-refractivity contribution is 0.621. The number of hydrogen-bond acceptors (Lipinski definition) is 0. The van der Waals surface area contributed by atoms with Crippen molar-refractivity contribution in [3.8, 4) is 0 Å². The number of benzene rings is 3. The summed E-state index contributed by atoms with van der Waals surface area (Å²) in [7, 11) is 0. The lowest BCUT2D eigenvalue weighted by Crippen LogP contribution is -2.10. The minimum Gasteiger partial charge on any atom is -0.0646 e. The first kappa shape index (κ1) is 12.2. The van der Waals surface area contributed by atoms with Gasteiger partial charge in [0.25, 0.3) is 0 Å². The van der Waals surface area contributed by atoms with Gasteiger partial charge in [-0.25, -0.2) is 0 Å². The molecule has 0 N–H and O–H groups in total. The van der Waals surface area contributed by atoms with E-state index in [1.165, 1.54) is 39.5 Å². The van der Waals surface area contributed by atoms with Crippen LogP contribution < -0.4 is 0 Å². The highest BCUT2D eigenvalue weighted by Crippen LogP contribution is 2.51. The van der Waals surface area contributed by atoms with Gasteiger partial charge in [-0.3, -0.25) is 0 Å². The van der Waals surface area contributed by atoms with E-state index in [9.17, 15) is 0 Å². The average Bonchev–Trinajstić information content (AvgIpc) is 3.06. The molecule has 22 heavy (non-hydrogen) atoms. The van der Waals surface area contributed by atoms with Crippen molar-refractivity contribution in [3.05, 3.63) is 88.5 Å². The number of fused-ring (bicyclic) bond motifs is 1. The second kappa shape index (κ2) is 4.33. The Morgan fingerprint density at radius 3 is 2.50 bits per heavy atom. The van der Waals surface area contributed by atoms with Crippen LogP contribution >= 0.6 is 0 Å². The second-order valence-electron chi connectivity index (χ2n) is 6.67. The van der Waals surface area contributed by atoms with E-state index in [0.717, 1.165) is 0 Å². The first-order valence-electron chi connectivity index (χ1n) is 8.10. The van der Waals surface area contributed by atoms with Gasteiger partial charge in [-0.05, 0) is 52.3 Å². The molecule has 3 aromatic carbocycles. The van der Waals surface area contributed by atoms with E-state index >= 15 is 0 Å². The molecule has 0 heteroatoms. The maximum atomic E-state index is 2.38. The molecule has 0 fully saturated rings. The third-order valence-electron chi connectivity index (χ3n) is 5.47. The second-order valence-corrected chi connectivity index (χ2v) is 6.67. The molecule has 2 aliphatic carbocycles. The molecule has 0 nitrogen and oxygen atoms in total. The van der Waals surface area contributed by atoms with E-state index in [4.69, 9.17) is 0 Å². The Kier molecular flexibility index (Phi) is 2.41. The number of hydrogen-bond donors (Lipinski definition) is 0. The fourth-order valence-corrected chi connectivity index (χ4v) is 4.61. The van der Waals surface area contributed by atoms with Gasteiger partial charge in [-0.15, -0.1) is 0 Å².